The maximum atomic E-state index is 12.4. The summed E-state index contributed by atoms with van der Waals surface area (Å²) in [6, 6.07) is 0. The summed E-state index contributed by atoms with van der Waals surface area (Å²) in [6.45, 7) is 4.41. The number of halogens is 1. The van der Waals surface area contributed by atoms with Gasteiger partial charge >= 0.3 is 0 Å². The molecular weight excluding hydrogens is 330 g/mol. The van der Waals surface area contributed by atoms with E-state index in [0.29, 0.717) is 23.3 Å². The first-order valence-electron chi connectivity index (χ1n) is 7.06. The molecule has 0 amide bonds. The third kappa shape index (κ3) is 3.63. The molecule has 1 aliphatic heterocycles. The fourth-order valence-electron chi connectivity index (χ4n) is 2.41. The molecule has 2 heterocycles. The topological polar surface area (TPSA) is 63.2 Å². The van der Waals surface area contributed by atoms with Gasteiger partial charge in [-0.1, -0.05) is 31.9 Å². The molecule has 0 bridgehead atoms. The Bertz CT molecular complexity index is 595. The average molecular weight is 350 g/mol. The van der Waals surface area contributed by atoms with Crippen LogP contribution in [0.25, 0.3) is 0 Å². The Labute approximate surface area is 135 Å². The van der Waals surface area contributed by atoms with Crippen LogP contribution >= 0.6 is 23.4 Å². The molecule has 1 aromatic rings. The van der Waals surface area contributed by atoms with Gasteiger partial charge in [0.25, 0.3) is 0 Å². The number of hydrogen-bond donors (Lipinski definition) is 0. The zero-order valence-electron chi connectivity index (χ0n) is 12.2. The molecule has 2 rings (SSSR count). The third-order valence-electron chi connectivity index (χ3n) is 3.54. The number of thioether (sulfide) groups is 1. The first-order valence-corrected chi connectivity index (χ1v) is 10.3. The molecule has 1 saturated heterocycles. The number of sulfone groups is 1. The van der Waals surface area contributed by atoms with Gasteiger partial charge in [0, 0.05) is 29.4 Å². The summed E-state index contributed by atoms with van der Waals surface area (Å²) in [7, 11) is -3.16. The smallest absolute Gasteiger partial charge is 0.171 e. The van der Waals surface area contributed by atoms with Crippen molar-refractivity contribution in [3.05, 3.63) is 17.0 Å². The number of anilines is 1. The minimum Gasteiger partial charge on any atom is -0.338 e. The van der Waals surface area contributed by atoms with Crippen molar-refractivity contribution in [2.24, 2.45) is 0 Å². The lowest BCUT2D eigenvalue weighted by Gasteiger charge is -2.36. The van der Waals surface area contributed by atoms with Gasteiger partial charge in [-0.15, -0.1) is 0 Å². The van der Waals surface area contributed by atoms with Gasteiger partial charge in [-0.25, -0.2) is 18.4 Å². The second-order valence-corrected chi connectivity index (χ2v) is 8.85. The monoisotopic (exact) mass is 349 g/mol. The summed E-state index contributed by atoms with van der Waals surface area (Å²) in [5, 5.41) is -0.101. The van der Waals surface area contributed by atoms with Crippen LogP contribution < -0.4 is 4.90 Å². The van der Waals surface area contributed by atoms with Crippen molar-refractivity contribution in [1.82, 2.24) is 9.97 Å². The Kier molecular flexibility index (Phi) is 5.73. The van der Waals surface area contributed by atoms with Crippen LogP contribution in [0.4, 0.5) is 5.82 Å². The van der Waals surface area contributed by atoms with Crippen LogP contribution in [0.2, 0.25) is 5.15 Å². The van der Waals surface area contributed by atoms with E-state index >= 15 is 0 Å². The summed E-state index contributed by atoms with van der Waals surface area (Å²) >= 11 is 7.86. The van der Waals surface area contributed by atoms with E-state index in [4.69, 9.17) is 11.6 Å². The minimum absolute atomic E-state index is 0.136. The highest BCUT2D eigenvalue weighted by Gasteiger charge is 2.35. The Morgan fingerprint density at radius 1 is 1.43 bits per heavy atom. The second kappa shape index (κ2) is 7.15. The van der Waals surface area contributed by atoms with E-state index in [-0.39, 0.29) is 5.75 Å². The molecule has 1 aliphatic rings. The molecule has 118 valence electrons. The first-order chi connectivity index (χ1) is 10.0. The van der Waals surface area contributed by atoms with E-state index in [1.807, 2.05) is 4.90 Å². The molecule has 1 unspecified atom stereocenters. The Hall–Kier alpha value is -0.530. The van der Waals surface area contributed by atoms with Gasteiger partial charge in [-0.3, -0.25) is 0 Å². The maximum absolute atomic E-state index is 12.4. The summed E-state index contributed by atoms with van der Waals surface area (Å²) in [5.41, 5.74) is 0.852. The highest BCUT2D eigenvalue weighted by Crippen LogP contribution is 2.31. The van der Waals surface area contributed by atoms with E-state index in [1.54, 1.807) is 18.7 Å². The standard InChI is InChI=1S/C13H20ClN3O2S2/c1-3-5-10-12(14)15-9-16-13(10)17-6-7-20-8-11(17)21(18,19)4-2/h9,11H,3-8H2,1-2H3. The van der Waals surface area contributed by atoms with E-state index < -0.39 is 15.2 Å². The Morgan fingerprint density at radius 3 is 2.86 bits per heavy atom. The van der Waals surface area contributed by atoms with Gasteiger partial charge in [0.05, 0.1) is 0 Å². The van der Waals surface area contributed by atoms with Crippen LogP contribution in [-0.2, 0) is 16.3 Å². The van der Waals surface area contributed by atoms with E-state index in [1.165, 1.54) is 6.33 Å². The summed E-state index contributed by atoms with van der Waals surface area (Å²) in [4.78, 5) is 10.3. The predicted molar refractivity (Wildman–Crippen MR) is 89.0 cm³/mol. The number of aromatic nitrogens is 2. The molecule has 1 aromatic heterocycles. The van der Waals surface area contributed by atoms with Crippen LogP contribution in [0.3, 0.4) is 0 Å². The molecule has 1 fully saturated rings. The molecule has 0 radical (unpaired) electrons. The lowest BCUT2D eigenvalue weighted by Crippen LogP contribution is -2.48. The molecule has 0 N–H and O–H groups in total. The van der Waals surface area contributed by atoms with Gasteiger partial charge in [0.2, 0.25) is 0 Å². The largest absolute Gasteiger partial charge is 0.338 e. The lowest BCUT2D eigenvalue weighted by molar-refractivity contribution is 0.578. The highest BCUT2D eigenvalue weighted by molar-refractivity contribution is 8.01. The van der Waals surface area contributed by atoms with Gasteiger partial charge in [0.15, 0.2) is 9.84 Å². The molecule has 21 heavy (non-hydrogen) atoms. The fourth-order valence-corrected chi connectivity index (χ4v) is 5.60. The molecule has 8 heteroatoms. The predicted octanol–water partition coefficient (Wildman–Crippen LogP) is 2.40. The van der Waals surface area contributed by atoms with Crippen molar-refractivity contribution in [1.29, 1.82) is 0 Å². The van der Waals surface area contributed by atoms with Crippen molar-refractivity contribution in [2.45, 2.75) is 32.1 Å². The number of rotatable bonds is 5. The van der Waals surface area contributed by atoms with E-state index in [0.717, 1.165) is 24.2 Å². The minimum atomic E-state index is -3.16. The first kappa shape index (κ1) is 16.8. The van der Waals surface area contributed by atoms with Gasteiger partial charge < -0.3 is 4.90 Å². The van der Waals surface area contributed by atoms with Crippen molar-refractivity contribution >= 4 is 39.0 Å². The van der Waals surface area contributed by atoms with Crippen LogP contribution in [0, 0.1) is 0 Å². The normalized spacial score (nSPS) is 19.8. The van der Waals surface area contributed by atoms with Crippen molar-refractivity contribution in [2.75, 3.05) is 28.7 Å². The van der Waals surface area contributed by atoms with Crippen molar-refractivity contribution in [3.63, 3.8) is 0 Å². The van der Waals surface area contributed by atoms with Crippen LogP contribution in [0.15, 0.2) is 6.33 Å². The molecule has 5 nitrogen and oxygen atoms in total. The zero-order valence-corrected chi connectivity index (χ0v) is 14.6. The van der Waals surface area contributed by atoms with Crippen LogP contribution in [0.1, 0.15) is 25.8 Å². The molecule has 0 spiro atoms. The molecule has 0 saturated carbocycles. The van der Waals surface area contributed by atoms with Gasteiger partial charge in [0.1, 0.15) is 22.7 Å². The van der Waals surface area contributed by atoms with E-state index in [9.17, 15) is 8.42 Å². The van der Waals surface area contributed by atoms with Crippen LogP contribution in [0.5, 0.6) is 0 Å². The Morgan fingerprint density at radius 2 is 2.19 bits per heavy atom. The quantitative estimate of drug-likeness (QED) is 0.760. The zero-order chi connectivity index (χ0) is 15.5. The second-order valence-electron chi connectivity index (χ2n) is 4.89. The summed E-state index contributed by atoms with van der Waals surface area (Å²) in [6.07, 6.45) is 3.07. The highest BCUT2D eigenvalue weighted by atomic mass is 35.5. The number of nitrogens with zero attached hydrogens (tertiary/aromatic N) is 3. The molecular formula is C13H20ClN3O2S2. The van der Waals surface area contributed by atoms with Gasteiger partial charge in [-0.05, 0) is 6.42 Å². The molecule has 0 aromatic carbocycles. The van der Waals surface area contributed by atoms with Crippen LogP contribution in [-0.4, -0.2) is 47.6 Å². The maximum Gasteiger partial charge on any atom is 0.171 e. The molecule has 1 atom stereocenters. The summed E-state index contributed by atoms with van der Waals surface area (Å²) < 4.78 is 24.7. The summed E-state index contributed by atoms with van der Waals surface area (Å²) in [5.74, 6) is 2.28. The Balaban J connectivity index is 2.45. The SMILES string of the molecule is CCCc1c(Cl)ncnc1N1CCSCC1S(=O)(=O)CC. The average Bonchev–Trinajstić information content (AvgIpc) is 2.49. The van der Waals surface area contributed by atoms with Gasteiger partial charge in [-0.2, -0.15) is 11.8 Å². The van der Waals surface area contributed by atoms with Crippen molar-refractivity contribution < 1.29 is 8.42 Å². The third-order valence-corrected chi connectivity index (χ3v) is 7.16. The van der Waals surface area contributed by atoms with Crippen molar-refractivity contribution in [3.8, 4) is 0 Å². The van der Waals surface area contributed by atoms with E-state index in [2.05, 4.69) is 16.9 Å². The number of hydrogen-bond acceptors (Lipinski definition) is 6. The molecule has 0 aliphatic carbocycles. The fraction of sp³-hybridized carbons (Fsp3) is 0.692. The lowest BCUT2D eigenvalue weighted by atomic mass is 10.1.